The number of allylic oxidation sites excluding steroid dienone is 3. The van der Waals surface area contributed by atoms with E-state index in [0.717, 1.165) is 19.3 Å². The van der Waals surface area contributed by atoms with Crippen molar-refractivity contribution in [2.24, 2.45) is 11.8 Å². The summed E-state index contributed by atoms with van der Waals surface area (Å²) in [5.41, 5.74) is 1.25. The van der Waals surface area contributed by atoms with Gasteiger partial charge in [0.05, 0.1) is 12.2 Å². The van der Waals surface area contributed by atoms with Gasteiger partial charge < -0.3 is 9.16 Å². The van der Waals surface area contributed by atoms with Gasteiger partial charge in [-0.05, 0) is 65.1 Å². The molecular formula is C25H44O4Si. The number of Topliss-reactive ketones (excluding diaryl/α,β-unsaturated/α-hetero) is 1. The molecule has 30 heavy (non-hydrogen) atoms. The second kappa shape index (κ2) is 11.4. The molecule has 1 aliphatic carbocycles. The van der Waals surface area contributed by atoms with Gasteiger partial charge in [-0.3, -0.25) is 9.59 Å². The molecule has 1 rings (SSSR count). The molecule has 0 N–H and O–H groups in total. The fraction of sp³-hybridized carbons (Fsp3) is 0.760. The topological polar surface area (TPSA) is 52.6 Å². The van der Waals surface area contributed by atoms with Crippen LogP contribution in [-0.4, -0.2) is 32.3 Å². The first-order valence-electron chi connectivity index (χ1n) is 11.5. The Morgan fingerprint density at radius 3 is 2.40 bits per heavy atom. The highest BCUT2D eigenvalue weighted by Crippen LogP contribution is 2.44. The monoisotopic (exact) mass is 436 g/mol. The Morgan fingerprint density at radius 1 is 1.23 bits per heavy atom. The maximum Gasteiger partial charge on any atom is 0.306 e. The molecule has 0 aromatic carbocycles. The molecule has 0 spiro atoms. The van der Waals surface area contributed by atoms with Crippen LogP contribution in [-0.2, 0) is 18.8 Å². The van der Waals surface area contributed by atoms with Crippen molar-refractivity contribution in [1.29, 1.82) is 0 Å². The fourth-order valence-corrected chi connectivity index (χ4v) is 5.07. The van der Waals surface area contributed by atoms with Crippen molar-refractivity contribution < 1.29 is 18.8 Å². The SMILES string of the molecule is C/C=C(\C)[C@H]1[C@H](O[Si](C)(C)C(C)(C)C)CC(=O)[C@@H]1C/C=C/CCCC(=O)OC(C)C. The van der Waals surface area contributed by atoms with E-state index in [9.17, 15) is 9.59 Å². The zero-order valence-corrected chi connectivity index (χ0v) is 21.7. The summed E-state index contributed by atoms with van der Waals surface area (Å²) in [7, 11) is -1.94. The third kappa shape index (κ3) is 7.81. The van der Waals surface area contributed by atoms with Crippen molar-refractivity contribution in [2.45, 2.75) is 111 Å². The number of ketones is 1. The molecule has 1 aliphatic rings. The van der Waals surface area contributed by atoms with Gasteiger partial charge in [0, 0.05) is 24.7 Å². The lowest BCUT2D eigenvalue weighted by molar-refractivity contribution is -0.147. The number of esters is 1. The summed E-state index contributed by atoms with van der Waals surface area (Å²) in [6.45, 7) is 19.1. The molecule has 5 heteroatoms. The zero-order chi connectivity index (χ0) is 23.1. The molecule has 1 saturated carbocycles. The average Bonchev–Trinajstić information content (AvgIpc) is 2.90. The summed E-state index contributed by atoms with van der Waals surface area (Å²) in [4.78, 5) is 24.5. The maximum atomic E-state index is 12.9. The molecule has 0 heterocycles. The van der Waals surface area contributed by atoms with Crippen molar-refractivity contribution in [3.63, 3.8) is 0 Å². The third-order valence-electron chi connectivity index (χ3n) is 6.56. The van der Waals surface area contributed by atoms with E-state index in [1.165, 1.54) is 5.57 Å². The first kappa shape index (κ1) is 26.8. The molecule has 172 valence electrons. The lowest BCUT2D eigenvalue weighted by Gasteiger charge is -2.40. The molecule has 0 aromatic rings. The summed E-state index contributed by atoms with van der Waals surface area (Å²) in [5.74, 6) is 0.314. The Labute approximate surface area is 185 Å². The smallest absolute Gasteiger partial charge is 0.306 e. The quantitative estimate of drug-likeness (QED) is 0.167. The predicted molar refractivity (Wildman–Crippen MR) is 127 cm³/mol. The Hall–Kier alpha value is -1.20. The van der Waals surface area contributed by atoms with Crippen LogP contribution in [0.1, 0.15) is 80.6 Å². The highest BCUT2D eigenvalue weighted by molar-refractivity contribution is 6.74. The number of carbonyl (C=O) groups is 2. The second-order valence-electron chi connectivity index (χ2n) is 10.4. The Bertz CT molecular complexity index is 640. The van der Waals surface area contributed by atoms with Gasteiger partial charge in [0.1, 0.15) is 5.78 Å². The zero-order valence-electron chi connectivity index (χ0n) is 20.7. The summed E-state index contributed by atoms with van der Waals surface area (Å²) in [6.07, 6.45) is 9.55. The molecule has 1 fully saturated rings. The van der Waals surface area contributed by atoms with Crippen molar-refractivity contribution in [3.05, 3.63) is 23.8 Å². The van der Waals surface area contributed by atoms with Gasteiger partial charge in [0.2, 0.25) is 0 Å². The lowest BCUT2D eigenvalue weighted by Crippen LogP contribution is -2.45. The number of unbranched alkanes of at least 4 members (excludes halogenated alkanes) is 1. The van der Waals surface area contributed by atoms with Gasteiger partial charge in [-0.15, -0.1) is 0 Å². The number of rotatable bonds is 10. The van der Waals surface area contributed by atoms with E-state index in [2.05, 4.69) is 59.0 Å². The highest BCUT2D eigenvalue weighted by Gasteiger charge is 2.47. The molecule has 0 aromatic heterocycles. The minimum atomic E-state index is -1.94. The van der Waals surface area contributed by atoms with Crippen LogP contribution in [0.15, 0.2) is 23.8 Å². The van der Waals surface area contributed by atoms with Crippen LogP contribution < -0.4 is 0 Å². The second-order valence-corrected chi connectivity index (χ2v) is 15.1. The van der Waals surface area contributed by atoms with Crippen LogP contribution in [0.5, 0.6) is 0 Å². The average molecular weight is 437 g/mol. The van der Waals surface area contributed by atoms with Crippen LogP contribution in [0.25, 0.3) is 0 Å². The molecular weight excluding hydrogens is 392 g/mol. The van der Waals surface area contributed by atoms with Gasteiger partial charge in [-0.25, -0.2) is 0 Å². The highest BCUT2D eigenvalue weighted by atomic mass is 28.4. The van der Waals surface area contributed by atoms with Gasteiger partial charge >= 0.3 is 5.97 Å². The van der Waals surface area contributed by atoms with E-state index < -0.39 is 8.32 Å². The molecule has 0 saturated heterocycles. The maximum absolute atomic E-state index is 12.9. The molecule has 0 bridgehead atoms. The summed E-state index contributed by atoms with van der Waals surface area (Å²) < 4.78 is 11.9. The number of carbonyl (C=O) groups excluding carboxylic acids is 2. The van der Waals surface area contributed by atoms with Crippen LogP contribution >= 0.6 is 0 Å². The lowest BCUT2D eigenvalue weighted by atomic mass is 9.85. The summed E-state index contributed by atoms with van der Waals surface area (Å²) in [5, 5.41) is 0.124. The molecule has 0 amide bonds. The molecule has 3 atom stereocenters. The van der Waals surface area contributed by atoms with E-state index in [1.807, 2.05) is 20.8 Å². The van der Waals surface area contributed by atoms with E-state index in [1.54, 1.807) is 0 Å². The van der Waals surface area contributed by atoms with Crippen LogP contribution in [0.4, 0.5) is 0 Å². The minimum Gasteiger partial charge on any atom is -0.463 e. The molecule has 4 nitrogen and oxygen atoms in total. The minimum absolute atomic E-state index is 0.0150. The van der Waals surface area contributed by atoms with E-state index in [4.69, 9.17) is 9.16 Å². The van der Waals surface area contributed by atoms with Crippen LogP contribution in [0, 0.1) is 11.8 Å². The summed E-state index contributed by atoms with van der Waals surface area (Å²) in [6, 6.07) is 0. The van der Waals surface area contributed by atoms with E-state index >= 15 is 0 Å². The standard InChI is InChI=1S/C25H44O4Si/c1-10-19(4)24-20(15-13-11-12-14-16-23(27)28-18(2)3)21(26)17-22(24)29-30(8,9)25(5,6)7/h10-11,13,18,20,22,24H,12,14-17H2,1-9H3/b13-11+,19-10+/t20-,22+,24+/m0/s1. The first-order valence-corrected chi connectivity index (χ1v) is 14.4. The van der Waals surface area contributed by atoms with Gasteiger partial charge in [-0.2, -0.15) is 0 Å². The van der Waals surface area contributed by atoms with Gasteiger partial charge in [0.25, 0.3) is 0 Å². The molecule has 0 aliphatic heterocycles. The van der Waals surface area contributed by atoms with Crippen molar-refractivity contribution in [3.8, 4) is 0 Å². The molecule has 0 radical (unpaired) electrons. The summed E-state index contributed by atoms with van der Waals surface area (Å²) >= 11 is 0. The van der Waals surface area contributed by atoms with E-state index in [-0.39, 0.29) is 35.1 Å². The normalized spacial score (nSPS) is 23.6. The number of hydrogen-bond donors (Lipinski definition) is 0. The van der Waals surface area contributed by atoms with Crippen molar-refractivity contribution in [2.75, 3.05) is 0 Å². The fourth-order valence-electron chi connectivity index (χ4n) is 3.73. The largest absolute Gasteiger partial charge is 0.463 e. The van der Waals surface area contributed by atoms with E-state index in [0.29, 0.717) is 18.6 Å². The van der Waals surface area contributed by atoms with Crippen molar-refractivity contribution in [1.82, 2.24) is 0 Å². The Morgan fingerprint density at radius 2 is 1.87 bits per heavy atom. The third-order valence-corrected chi connectivity index (χ3v) is 11.1. The van der Waals surface area contributed by atoms with Crippen LogP contribution in [0.2, 0.25) is 18.1 Å². The Kier molecular flexibility index (Phi) is 10.2. The predicted octanol–water partition coefficient (Wildman–Crippen LogP) is 6.62. The first-order chi connectivity index (χ1) is 13.8. The van der Waals surface area contributed by atoms with Crippen LogP contribution in [0.3, 0.4) is 0 Å². The molecule has 0 unspecified atom stereocenters. The van der Waals surface area contributed by atoms with Gasteiger partial charge in [-0.1, -0.05) is 44.6 Å². The van der Waals surface area contributed by atoms with Gasteiger partial charge in [0.15, 0.2) is 8.32 Å². The number of ether oxygens (including phenoxy) is 1. The Balaban J connectivity index is 2.72. The van der Waals surface area contributed by atoms with Crippen molar-refractivity contribution >= 4 is 20.1 Å². The number of hydrogen-bond acceptors (Lipinski definition) is 4.